The first-order valence-electron chi connectivity index (χ1n) is 7.77. The average Bonchev–Trinajstić information content (AvgIpc) is 2.47. The van der Waals surface area contributed by atoms with Crippen LogP contribution in [0.5, 0.6) is 0 Å². The lowest BCUT2D eigenvalue weighted by Crippen LogP contribution is -2.48. The van der Waals surface area contributed by atoms with Gasteiger partial charge in [-0.2, -0.15) is 0 Å². The van der Waals surface area contributed by atoms with E-state index in [0.29, 0.717) is 12.0 Å². The van der Waals surface area contributed by atoms with Gasteiger partial charge in [-0.3, -0.25) is 4.90 Å². The van der Waals surface area contributed by atoms with Gasteiger partial charge in [-0.1, -0.05) is 26.8 Å². The van der Waals surface area contributed by atoms with Crippen molar-refractivity contribution < 1.29 is 0 Å². The van der Waals surface area contributed by atoms with E-state index in [1.165, 1.54) is 6.54 Å². The summed E-state index contributed by atoms with van der Waals surface area (Å²) in [5, 5.41) is 3.52. The first kappa shape index (κ1) is 15.3. The van der Waals surface area contributed by atoms with Crippen molar-refractivity contribution in [3.05, 3.63) is 24.4 Å². The van der Waals surface area contributed by atoms with Crippen LogP contribution in [0.3, 0.4) is 0 Å². The zero-order chi connectivity index (χ0) is 14.4. The minimum absolute atomic E-state index is 0.582. The van der Waals surface area contributed by atoms with Gasteiger partial charge in [0.2, 0.25) is 0 Å². The predicted octanol–water partition coefficient (Wildman–Crippen LogP) is 1.84. The van der Waals surface area contributed by atoms with Crippen LogP contribution in [-0.4, -0.2) is 55.2 Å². The molecule has 1 fully saturated rings. The molecule has 0 amide bonds. The fraction of sp³-hybridized carbons (Fsp3) is 0.688. The van der Waals surface area contributed by atoms with Gasteiger partial charge in [0.1, 0.15) is 5.82 Å². The second kappa shape index (κ2) is 7.60. The monoisotopic (exact) mass is 276 g/mol. The molecule has 1 saturated heterocycles. The molecule has 4 nitrogen and oxygen atoms in total. The molecule has 1 aromatic rings. The normalized spacial score (nSPS) is 18.5. The molecule has 2 rings (SSSR count). The fourth-order valence-corrected chi connectivity index (χ4v) is 2.64. The van der Waals surface area contributed by atoms with E-state index >= 15 is 0 Å². The van der Waals surface area contributed by atoms with Crippen molar-refractivity contribution in [2.24, 2.45) is 5.92 Å². The van der Waals surface area contributed by atoms with Crippen LogP contribution >= 0.6 is 0 Å². The number of anilines is 1. The van der Waals surface area contributed by atoms with E-state index in [1.807, 2.05) is 12.3 Å². The van der Waals surface area contributed by atoms with Crippen molar-refractivity contribution in [1.29, 1.82) is 0 Å². The third-order valence-corrected chi connectivity index (χ3v) is 3.79. The smallest absolute Gasteiger partial charge is 0.128 e. The SMILES string of the molecule is CC(CNC(C)C)CN1CCN(c2ccccn2)CC1. The van der Waals surface area contributed by atoms with Gasteiger partial charge >= 0.3 is 0 Å². The Morgan fingerprint density at radius 1 is 1.15 bits per heavy atom. The number of nitrogens with one attached hydrogen (secondary N) is 1. The molecule has 1 N–H and O–H groups in total. The Hall–Kier alpha value is -1.13. The molecule has 0 radical (unpaired) electrons. The second-order valence-corrected chi connectivity index (χ2v) is 6.14. The summed E-state index contributed by atoms with van der Waals surface area (Å²) in [4.78, 5) is 9.39. The molecule has 0 bridgehead atoms. The van der Waals surface area contributed by atoms with E-state index in [-0.39, 0.29) is 0 Å². The van der Waals surface area contributed by atoms with Gasteiger partial charge < -0.3 is 10.2 Å². The molecular formula is C16H28N4. The Kier molecular flexibility index (Phi) is 5.80. The maximum atomic E-state index is 4.43. The van der Waals surface area contributed by atoms with Crippen LogP contribution < -0.4 is 10.2 Å². The number of pyridine rings is 1. The lowest BCUT2D eigenvalue weighted by Gasteiger charge is -2.36. The van der Waals surface area contributed by atoms with E-state index < -0.39 is 0 Å². The van der Waals surface area contributed by atoms with Gasteiger partial charge in [0.05, 0.1) is 0 Å². The van der Waals surface area contributed by atoms with Gasteiger partial charge in [0.15, 0.2) is 0 Å². The zero-order valence-corrected chi connectivity index (χ0v) is 13.0. The van der Waals surface area contributed by atoms with Gasteiger partial charge in [-0.25, -0.2) is 4.98 Å². The van der Waals surface area contributed by atoms with Gasteiger partial charge in [0.25, 0.3) is 0 Å². The lowest BCUT2D eigenvalue weighted by molar-refractivity contribution is 0.220. The number of nitrogens with zero attached hydrogens (tertiary/aromatic N) is 3. The Balaban J connectivity index is 1.71. The van der Waals surface area contributed by atoms with Crippen molar-refractivity contribution in [2.75, 3.05) is 44.2 Å². The van der Waals surface area contributed by atoms with E-state index in [9.17, 15) is 0 Å². The van der Waals surface area contributed by atoms with Crippen LogP contribution in [0.4, 0.5) is 5.82 Å². The Morgan fingerprint density at radius 3 is 2.50 bits per heavy atom. The van der Waals surface area contributed by atoms with Gasteiger partial charge in [0, 0.05) is 45.0 Å². The van der Waals surface area contributed by atoms with Crippen molar-refractivity contribution in [3.8, 4) is 0 Å². The Morgan fingerprint density at radius 2 is 1.90 bits per heavy atom. The molecule has 0 aromatic carbocycles. The highest BCUT2D eigenvalue weighted by Crippen LogP contribution is 2.13. The zero-order valence-electron chi connectivity index (χ0n) is 13.0. The molecular weight excluding hydrogens is 248 g/mol. The highest BCUT2D eigenvalue weighted by atomic mass is 15.3. The summed E-state index contributed by atoms with van der Waals surface area (Å²) < 4.78 is 0. The molecule has 2 heterocycles. The van der Waals surface area contributed by atoms with Crippen molar-refractivity contribution in [3.63, 3.8) is 0 Å². The molecule has 0 saturated carbocycles. The number of hydrogen-bond donors (Lipinski definition) is 1. The van der Waals surface area contributed by atoms with Crippen LogP contribution in [0, 0.1) is 5.92 Å². The van der Waals surface area contributed by atoms with Crippen LogP contribution in [0.1, 0.15) is 20.8 Å². The summed E-state index contributed by atoms with van der Waals surface area (Å²) in [6.07, 6.45) is 1.88. The molecule has 112 valence electrons. The molecule has 4 heteroatoms. The van der Waals surface area contributed by atoms with E-state index in [4.69, 9.17) is 0 Å². The number of rotatable bonds is 6. The Labute approximate surface area is 123 Å². The van der Waals surface area contributed by atoms with Crippen LogP contribution in [0.15, 0.2) is 24.4 Å². The summed E-state index contributed by atoms with van der Waals surface area (Å²) in [6.45, 7) is 13.5. The average molecular weight is 276 g/mol. The molecule has 0 spiro atoms. The van der Waals surface area contributed by atoms with Gasteiger partial charge in [-0.15, -0.1) is 0 Å². The molecule has 1 atom stereocenters. The standard InChI is InChI=1S/C16H28N4/c1-14(2)18-12-15(3)13-19-8-10-20(11-9-19)16-6-4-5-7-17-16/h4-7,14-15,18H,8-13H2,1-3H3. The fourth-order valence-electron chi connectivity index (χ4n) is 2.64. The predicted molar refractivity (Wildman–Crippen MR) is 85.2 cm³/mol. The van der Waals surface area contributed by atoms with E-state index in [1.54, 1.807) is 0 Å². The molecule has 1 unspecified atom stereocenters. The van der Waals surface area contributed by atoms with Crippen molar-refractivity contribution in [2.45, 2.75) is 26.8 Å². The molecule has 0 aliphatic carbocycles. The quantitative estimate of drug-likeness (QED) is 0.859. The van der Waals surface area contributed by atoms with Crippen LogP contribution in [-0.2, 0) is 0 Å². The number of aromatic nitrogens is 1. The molecule has 1 aliphatic rings. The summed E-state index contributed by atoms with van der Waals surface area (Å²) in [6, 6.07) is 6.72. The molecule has 1 aromatic heterocycles. The topological polar surface area (TPSA) is 31.4 Å². The minimum Gasteiger partial charge on any atom is -0.354 e. The van der Waals surface area contributed by atoms with E-state index in [0.717, 1.165) is 38.5 Å². The highest BCUT2D eigenvalue weighted by molar-refractivity contribution is 5.38. The Bertz CT molecular complexity index is 371. The van der Waals surface area contributed by atoms with Crippen molar-refractivity contribution >= 4 is 5.82 Å². The third kappa shape index (κ3) is 4.76. The number of piperazine rings is 1. The summed E-state index contributed by atoms with van der Waals surface area (Å²) in [5.74, 6) is 1.82. The molecule has 20 heavy (non-hydrogen) atoms. The first-order valence-corrected chi connectivity index (χ1v) is 7.77. The summed E-state index contributed by atoms with van der Waals surface area (Å²) in [7, 11) is 0. The minimum atomic E-state index is 0.582. The summed E-state index contributed by atoms with van der Waals surface area (Å²) in [5.41, 5.74) is 0. The highest BCUT2D eigenvalue weighted by Gasteiger charge is 2.19. The molecule has 1 aliphatic heterocycles. The van der Waals surface area contributed by atoms with Crippen molar-refractivity contribution in [1.82, 2.24) is 15.2 Å². The summed E-state index contributed by atoms with van der Waals surface area (Å²) >= 11 is 0. The van der Waals surface area contributed by atoms with Crippen LogP contribution in [0.2, 0.25) is 0 Å². The maximum Gasteiger partial charge on any atom is 0.128 e. The van der Waals surface area contributed by atoms with Gasteiger partial charge in [-0.05, 0) is 24.6 Å². The second-order valence-electron chi connectivity index (χ2n) is 6.14. The third-order valence-electron chi connectivity index (χ3n) is 3.79. The first-order chi connectivity index (χ1) is 9.65. The van der Waals surface area contributed by atoms with Crippen LogP contribution in [0.25, 0.3) is 0 Å². The van der Waals surface area contributed by atoms with E-state index in [2.05, 4.69) is 53.0 Å². The maximum absolute atomic E-state index is 4.43. The largest absolute Gasteiger partial charge is 0.354 e. The number of hydrogen-bond acceptors (Lipinski definition) is 4. The lowest BCUT2D eigenvalue weighted by atomic mass is 10.1.